The van der Waals surface area contributed by atoms with Crippen molar-refractivity contribution in [1.29, 1.82) is 0 Å². The number of halogens is 1. The highest BCUT2D eigenvalue weighted by atomic mass is 35.5. The smallest absolute Gasteiger partial charge is 0.110 e. The Hall–Kier alpha value is -0.540. The SMILES string of the molecule is CC1CCCC(O)(c2c(Cl)cnn2C)C1C. The molecule has 0 bridgehead atoms. The van der Waals surface area contributed by atoms with E-state index in [1.165, 1.54) is 6.42 Å². The molecule has 1 aliphatic carbocycles. The molecule has 1 heterocycles. The Kier molecular flexibility index (Phi) is 3.01. The van der Waals surface area contributed by atoms with E-state index in [0.717, 1.165) is 18.5 Å². The maximum absolute atomic E-state index is 10.9. The van der Waals surface area contributed by atoms with Gasteiger partial charge in [-0.2, -0.15) is 5.10 Å². The molecule has 16 heavy (non-hydrogen) atoms. The molecule has 1 fully saturated rings. The van der Waals surface area contributed by atoms with Crippen LogP contribution in [0.15, 0.2) is 6.20 Å². The Labute approximate surface area is 101 Å². The molecule has 4 heteroatoms. The first-order valence-electron chi connectivity index (χ1n) is 5.87. The minimum Gasteiger partial charge on any atom is -0.383 e. The van der Waals surface area contributed by atoms with Gasteiger partial charge in [0.15, 0.2) is 0 Å². The summed E-state index contributed by atoms with van der Waals surface area (Å²) in [7, 11) is 1.84. The van der Waals surface area contributed by atoms with E-state index in [2.05, 4.69) is 18.9 Å². The lowest BCUT2D eigenvalue weighted by molar-refractivity contribution is -0.0746. The summed E-state index contributed by atoms with van der Waals surface area (Å²) in [6, 6.07) is 0. The molecule has 0 aromatic carbocycles. The van der Waals surface area contributed by atoms with Gasteiger partial charge in [-0.3, -0.25) is 4.68 Å². The van der Waals surface area contributed by atoms with Crippen LogP contribution in [0.25, 0.3) is 0 Å². The van der Waals surface area contributed by atoms with Crippen LogP contribution in [0.5, 0.6) is 0 Å². The van der Waals surface area contributed by atoms with Crippen LogP contribution in [-0.2, 0) is 12.6 Å². The molecule has 1 aromatic heterocycles. The molecule has 0 amide bonds. The molecule has 0 radical (unpaired) electrons. The molecule has 90 valence electrons. The lowest BCUT2D eigenvalue weighted by Gasteiger charge is -2.42. The van der Waals surface area contributed by atoms with Crippen molar-refractivity contribution in [2.45, 2.75) is 38.7 Å². The Balaban J connectivity index is 2.44. The summed E-state index contributed by atoms with van der Waals surface area (Å²) in [6.07, 6.45) is 4.61. The molecular weight excluding hydrogens is 224 g/mol. The average Bonchev–Trinajstić information content (AvgIpc) is 2.55. The third kappa shape index (κ3) is 1.66. The van der Waals surface area contributed by atoms with Crippen molar-refractivity contribution in [3.05, 3.63) is 16.9 Å². The lowest BCUT2D eigenvalue weighted by atomic mass is 9.69. The first kappa shape index (κ1) is 11.9. The minimum absolute atomic E-state index is 0.217. The van der Waals surface area contributed by atoms with Gasteiger partial charge in [-0.1, -0.05) is 31.9 Å². The molecule has 3 nitrogen and oxygen atoms in total. The van der Waals surface area contributed by atoms with E-state index in [1.54, 1.807) is 10.9 Å². The first-order chi connectivity index (χ1) is 7.47. The van der Waals surface area contributed by atoms with Crippen LogP contribution in [-0.4, -0.2) is 14.9 Å². The zero-order valence-electron chi connectivity index (χ0n) is 10.1. The van der Waals surface area contributed by atoms with Gasteiger partial charge in [-0.05, 0) is 24.7 Å². The van der Waals surface area contributed by atoms with Crippen LogP contribution in [0.4, 0.5) is 0 Å². The Morgan fingerprint density at radius 1 is 1.56 bits per heavy atom. The highest BCUT2D eigenvalue weighted by Crippen LogP contribution is 2.46. The maximum Gasteiger partial charge on any atom is 0.110 e. The van der Waals surface area contributed by atoms with Gasteiger partial charge in [0, 0.05) is 7.05 Å². The minimum atomic E-state index is -0.819. The lowest BCUT2D eigenvalue weighted by Crippen LogP contribution is -2.42. The number of nitrogens with zero attached hydrogens (tertiary/aromatic N) is 2. The number of aromatic nitrogens is 2. The van der Waals surface area contributed by atoms with E-state index in [-0.39, 0.29) is 5.92 Å². The molecular formula is C12H19ClN2O. The highest BCUT2D eigenvalue weighted by molar-refractivity contribution is 6.31. The van der Waals surface area contributed by atoms with E-state index in [0.29, 0.717) is 10.9 Å². The van der Waals surface area contributed by atoms with Crippen LogP contribution >= 0.6 is 11.6 Å². The number of aryl methyl sites for hydroxylation is 1. The molecule has 0 spiro atoms. The topological polar surface area (TPSA) is 38.1 Å². The van der Waals surface area contributed by atoms with Crippen LogP contribution in [0.1, 0.15) is 38.8 Å². The van der Waals surface area contributed by atoms with Crippen molar-refractivity contribution in [3.8, 4) is 0 Å². The zero-order valence-corrected chi connectivity index (χ0v) is 10.8. The highest BCUT2D eigenvalue weighted by Gasteiger charge is 2.44. The molecule has 3 unspecified atom stereocenters. The van der Waals surface area contributed by atoms with Crippen molar-refractivity contribution in [2.75, 3.05) is 0 Å². The van der Waals surface area contributed by atoms with Crippen LogP contribution < -0.4 is 0 Å². The molecule has 1 saturated carbocycles. The van der Waals surface area contributed by atoms with Crippen molar-refractivity contribution >= 4 is 11.6 Å². The molecule has 3 atom stereocenters. The Bertz CT molecular complexity index is 371. The normalized spacial score (nSPS) is 35.3. The summed E-state index contributed by atoms with van der Waals surface area (Å²) in [4.78, 5) is 0. The predicted octanol–water partition coefficient (Wildman–Crippen LogP) is 2.72. The molecule has 1 aliphatic rings. The summed E-state index contributed by atoms with van der Waals surface area (Å²) in [5, 5.41) is 15.6. The summed E-state index contributed by atoms with van der Waals surface area (Å²) < 4.78 is 1.71. The number of aliphatic hydroxyl groups is 1. The van der Waals surface area contributed by atoms with E-state index in [9.17, 15) is 5.11 Å². The Morgan fingerprint density at radius 3 is 2.81 bits per heavy atom. The van der Waals surface area contributed by atoms with Crippen LogP contribution in [0, 0.1) is 11.8 Å². The number of hydrogen-bond donors (Lipinski definition) is 1. The third-order valence-electron chi connectivity index (χ3n) is 4.13. The second-order valence-electron chi connectivity index (χ2n) is 5.05. The van der Waals surface area contributed by atoms with E-state index < -0.39 is 5.60 Å². The van der Waals surface area contributed by atoms with Gasteiger partial charge in [0.05, 0.1) is 16.9 Å². The van der Waals surface area contributed by atoms with E-state index in [1.807, 2.05) is 7.05 Å². The molecule has 0 saturated heterocycles. The van der Waals surface area contributed by atoms with Crippen molar-refractivity contribution in [1.82, 2.24) is 9.78 Å². The fourth-order valence-corrected chi connectivity index (χ4v) is 3.20. The summed E-state index contributed by atoms with van der Waals surface area (Å²) >= 11 is 6.14. The quantitative estimate of drug-likeness (QED) is 0.822. The molecule has 0 aliphatic heterocycles. The zero-order chi connectivity index (χ0) is 11.9. The monoisotopic (exact) mass is 242 g/mol. The standard InChI is InChI=1S/C12H19ClN2O/c1-8-5-4-6-12(16,9(8)2)11-10(13)7-14-15(11)3/h7-9,16H,4-6H2,1-3H3. The largest absolute Gasteiger partial charge is 0.383 e. The molecule has 2 rings (SSSR count). The van der Waals surface area contributed by atoms with E-state index in [4.69, 9.17) is 11.6 Å². The summed E-state index contributed by atoms with van der Waals surface area (Å²) in [5.74, 6) is 0.735. The fourth-order valence-electron chi connectivity index (χ4n) is 2.87. The molecule has 1 aromatic rings. The van der Waals surface area contributed by atoms with Gasteiger partial charge >= 0.3 is 0 Å². The van der Waals surface area contributed by atoms with Gasteiger partial charge in [0.2, 0.25) is 0 Å². The second-order valence-corrected chi connectivity index (χ2v) is 5.45. The number of hydrogen-bond acceptors (Lipinski definition) is 2. The number of rotatable bonds is 1. The van der Waals surface area contributed by atoms with Gasteiger partial charge < -0.3 is 5.11 Å². The first-order valence-corrected chi connectivity index (χ1v) is 6.25. The van der Waals surface area contributed by atoms with Crippen LogP contribution in [0.3, 0.4) is 0 Å². The van der Waals surface area contributed by atoms with Gasteiger partial charge in [-0.15, -0.1) is 0 Å². The molecule has 1 N–H and O–H groups in total. The van der Waals surface area contributed by atoms with Crippen molar-refractivity contribution < 1.29 is 5.11 Å². The van der Waals surface area contributed by atoms with E-state index >= 15 is 0 Å². The van der Waals surface area contributed by atoms with Crippen LogP contribution in [0.2, 0.25) is 5.02 Å². The van der Waals surface area contributed by atoms with Gasteiger partial charge in [0.25, 0.3) is 0 Å². The van der Waals surface area contributed by atoms with Gasteiger partial charge in [-0.25, -0.2) is 0 Å². The fraction of sp³-hybridized carbons (Fsp3) is 0.750. The average molecular weight is 243 g/mol. The van der Waals surface area contributed by atoms with Crippen molar-refractivity contribution in [3.63, 3.8) is 0 Å². The third-order valence-corrected chi connectivity index (χ3v) is 4.40. The van der Waals surface area contributed by atoms with Gasteiger partial charge in [0.1, 0.15) is 5.60 Å². The van der Waals surface area contributed by atoms with Crippen molar-refractivity contribution in [2.24, 2.45) is 18.9 Å². The Morgan fingerprint density at radius 2 is 2.25 bits per heavy atom. The maximum atomic E-state index is 10.9. The second kappa shape index (κ2) is 4.04. The summed E-state index contributed by atoms with van der Waals surface area (Å²) in [5.41, 5.74) is -0.0479. The summed E-state index contributed by atoms with van der Waals surface area (Å²) in [6.45, 7) is 4.30. The predicted molar refractivity (Wildman–Crippen MR) is 64.3 cm³/mol.